The summed E-state index contributed by atoms with van der Waals surface area (Å²) >= 11 is 0. The second-order valence-electron chi connectivity index (χ2n) is 4.88. The van der Waals surface area contributed by atoms with E-state index >= 15 is 0 Å². The van der Waals surface area contributed by atoms with Gasteiger partial charge in [0, 0.05) is 35.7 Å². The highest BCUT2D eigenvalue weighted by molar-refractivity contribution is 5.86. The molecule has 0 spiro atoms. The van der Waals surface area contributed by atoms with Crippen LogP contribution >= 0.6 is 0 Å². The van der Waals surface area contributed by atoms with E-state index in [1.807, 2.05) is 0 Å². The zero-order valence-electron chi connectivity index (χ0n) is 12.5. The lowest BCUT2D eigenvalue weighted by atomic mass is 10.2. The lowest BCUT2D eigenvalue weighted by molar-refractivity contribution is 0.396. The van der Waals surface area contributed by atoms with Crippen LogP contribution in [0.25, 0.3) is 0 Å². The van der Waals surface area contributed by atoms with Gasteiger partial charge in [0.25, 0.3) is 0 Å². The molecule has 0 heterocycles. The average molecular weight is 332 g/mol. The van der Waals surface area contributed by atoms with Crippen LogP contribution in [-0.4, -0.2) is 56.2 Å². The number of hydrogen-bond donors (Lipinski definition) is 6. The molecule has 2 aromatic rings. The van der Waals surface area contributed by atoms with Gasteiger partial charge >= 0.3 is 0 Å². The normalized spacial score (nSPS) is 11.5. The van der Waals surface area contributed by atoms with Crippen LogP contribution in [-0.2, 0) is 0 Å². The smallest absolute Gasteiger partial charge is 0.166 e. The Morgan fingerprint density at radius 3 is 1.38 bits per heavy atom. The van der Waals surface area contributed by atoms with Crippen molar-refractivity contribution in [3.05, 3.63) is 35.4 Å². The van der Waals surface area contributed by atoms with Gasteiger partial charge in [-0.3, -0.25) is 9.98 Å². The van der Waals surface area contributed by atoms with Crippen LogP contribution in [0.3, 0.4) is 0 Å². The van der Waals surface area contributed by atoms with Crippen molar-refractivity contribution in [1.82, 2.24) is 0 Å². The Balaban J connectivity index is 1.96. The van der Waals surface area contributed by atoms with Gasteiger partial charge in [0.05, 0.1) is 13.1 Å². The Labute approximate surface area is 137 Å². The molecule has 0 amide bonds. The maximum Gasteiger partial charge on any atom is 0.166 e. The highest BCUT2D eigenvalue weighted by atomic mass is 16.3. The monoisotopic (exact) mass is 332 g/mol. The standard InChI is InChI=1S/C16H16N2O6/c19-11-3-9(15(23)13(21)5-11)7-17-1-2-18-8-10-4-12(20)6-14(22)16(10)24/h3-8,19-24H,1-2H2. The van der Waals surface area contributed by atoms with Crippen molar-refractivity contribution < 1.29 is 30.6 Å². The summed E-state index contributed by atoms with van der Waals surface area (Å²) in [5.74, 6) is -2.09. The van der Waals surface area contributed by atoms with Gasteiger partial charge in [-0.05, 0) is 12.1 Å². The number of aromatic hydroxyl groups is 6. The fourth-order valence-corrected chi connectivity index (χ4v) is 1.89. The van der Waals surface area contributed by atoms with E-state index in [9.17, 15) is 30.6 Å². The summed E-state index contributed by atoms with van der Waals surface area (Å²) in [5, 5.41) is 56.6. The van der Waals surface area contributed by atoms with Crippen LogP contribution in [0, 0.1) is 0 Å². The van der Waals surface area contributed by atoms with E-state index in [0.717, 1.165) is 12.1 Å². The Morgan fingerprint density at radius 2 is 1.00 bits per heavy atom. The number of phenolic OH excluding ortho intramolecular Hbond substituents is 6. The van der Waals surface area contributed by atoms with Gasteiger partial charge in [0.1, 0.15) is 11.5 Å². The number of rotatable bonds is 5. The predicted molar refractivity (Wildman–Crippen MR) is 87.8 cm³/mol. The quantitative estimate of drug-likeness (QED) is 0.211. The van der Waals surface area contributed by atoms with Crippen LogP contribution in [0.1, 0.15) is 11.1 Å². The van der Waals surface area contributed by atoms with Crippen molar-refractivity contribution in [3.8, 4) is 34.5 Å². The molecule has 0 aliphatic rings. The molecule has 0 unspecified atom stereocenters. The Morgan fingerprint density at radius 1 is 0.625 bits per heavy atom. The molecule has 0 radical (unpaired) electrons. The molecule has 0 saturated heterocycles. The van der Waals surface area contributed by atoms with Gasteiger partial charge in [-0.15, -0.1) is 0 Å². The zero-order valence-corrected chi connectivity index (χ0v) is 12.5. The van der Waals surface area contributed by atoms with Crippen molar-refractivity contribution >= 4 is 12.4 Å². The van der Waals surface area contributed by atoms with Gasteiger partial charge < -0.3 is 30.6 Å². The molecular weight excluding hydrogens is 316 g/mol. The van der Waals surface area contributed by atoms with Crippen LogP contribution in [0.15, 0.2) is 34.3 Å². The molecule has 0 aliphatic heterocycles. The van der Waals surface area contributed by atoms with E-state index in [1.54, 1.807) is 0 Å². The van der Waals surface area contributed by atoms with E-state index < -0.39 is 11.5 Å². The van der Waals surface area contributed by atoms with Gasteiger partial charge in [0.15, 0.2) is 23.0 Å². The molecular formula is C16H16N2O6. The molecule has 24 heavy (non-hydrogen) atoms. The summed E-state index contributed by atoms with van der Waals surface area (Å²) in [6.45, 7) is 0.468. The third-order valence-corrected chi connectivity index (χ3v) is 3.03. The molecule has 2 rings (SSSR count). The van der Waals surface area contributed by atoms with Crippen molar-refractivity contribution in [3.63, 3.8) is 0 Å². The first-order chi connectivity index (χ1) is 11.4. The van der Waals surface area contributed by atoms with Gasteiger partial charge in [-0.2, -0.15) is 0 Å². The third kappa shape index (κ3) is 4.07. The number of aliphatic imine (C=N–C) groups is 2. The van der Waals surface area contributed by atoms with Crippen molar-refractivity contribution in [2.75, 3.05) is 13.1 Å². The van der Waals surface area contributed by atoms with Crippen molar-refractivity contribution in [1.29, 1.82) is 0 Å². The van der Waals surface area contributed by atoms with E-state index in [1.165, 1.54) is 24.6 Å². The van der Waals surface area contributed by atoms with Crippen LogP contribution in [0.5, 0.6) is 34.5 Å². The van der Waals surface area contributed by atoms with E-state index in [0.29, 0.717) is 0 Å². The topological polar surface area (TPSA) is 146 Å². The predicted octanol–water partition coefficient (Wildman–Crippen LogP) is 1.46. The second-order valence-corrected chi connectivity index (χ2v) is 4.88. The largest absolute Gasteiger partial charge is 0.508 e. The van der Waals surface area contributed by atoms with Gasteiger partial charge in [0.2, 0.25) is 0 Å². The van der Waals surface area contributed by atoms with Crippen LogP contribution in [0.4, 0.5) is 0 Å². The Kier molecular flexibility index (Phi) is 5.10. The molecule has 0 aromatic heterocycles. The first kappa shape index (κ1) is 16.9. The summed E-state index contributed by atoms with van der Waals surface area (Å²) in [7, 11) is 0. The second kappa shape index (κ2) is 7.23. The lowest BCUT2D eigenvalue weighted by Crippen LogP contribution is -1.91. The molecule has 126 valence electrons. The molecule has 2 aromatic carbocycles. The van der Waals surface area contributed by atoms with Crippen LogP contribution < -0.4 is 0 Å². The average Bonchev–Trinajstić information content (AvgIpc) is 2.51. The molecule has 0 saturated carbocycles. The fraction of sp³-hybridized carbons (Fsp3) is 0.125. The highest BCUT2D eigenvalue weighted by Gasteiger charge is 2.07. The van der Waals surface area contributed by atoms with E-state index in [4.69, 9.17) is 0 Å². The summed E-state index contributed by atoms with van der Waals surface area (Å²) in [5.41, 5.74) is 0.319. The Bertz CT molecular complexity index is 734. The summed E-state index contributed by atoms with van der Waals surface area (Å²) in [6, 6.07) is 4.51. The molecule has 8 heteroatoms. The fourth-order valence-electron chi connectivity index (χ4n) is 1.89. The summed E-state index contributed by atoms with van der Waals surface area (Å²) in [6.07, 6.45) is 2.56. The summed E-state index contributed by atoms with van der Waals surface area (Å²) in [4.78, 5) is 7.98. The lowest BCUT2D eigenvalue weighted by Gasteiger charge is -2.03. The third-order valence-electron chi connectivity index (χ3n) is 3.03. The Hall–Kier alpha value is -3.42. The van der Waals surface area contributed by atoms with E-state index in [2.05, 4.69) is 9.98 Å². The number of phenols is 6. The van der Waals surface area contributed by atoms with Gasteiger partial charge in [-0.25, -0.2) is 0 Å². The molecule has 0 atom stereocenters. The SMILES string of the molecule is Oc1cc(O)c(O)c(C=NCCN=Cc2cc(O)cc(O)c2O)c1. The van der Waals surface area contributed by atoms with Crippen LogP contribution in [0.2, 0.25) is 0 Å². The minimum atomic E-state index is -0.450. The molecule has 0 fully saturated rings. The number of hydrogen-bond acceptors (Lipinski definition) is 8. The van der Waals surface area contributed by atoms with Gasteiger partial charge in [-0.1, -0.05) is 0 Å². The summed E-state index contributed by atoms with van der Waals surface area (Å²) < 4.78 is 0. The van der Waals surface area contributed by atoms with Crippen molar-refractivity contribution in [2.24, 2.45) is 9.98 Å². The maximum atomic E-state index is 9.60. The first-order valence-corrected chi connectivity index (χ1v) is 6.88. The first-order valence-electron chi connectivity index (χ1n) is 6.88. The zero-order chi connectivity index (χ0) is 17.7. The minimum absolute atomic E-state index is 0.159. The molecule has 6 N–H and O–H groups in total. The van der Waals surface area contributed by atoms with E-state index in [-0.39, 0.29) is 47.2 Å². The molecule has 8 nitrogen and oxygen atoms in total. The maximum absolute atomic E-state index is 9.60. The number of nitrogens with zero attached hydrogens (tertiary/aromatic N) is 2. The van der Waals surface area contributed by atoms with Crippen molar-refractivity contribution in [2.45, 2.75) is 0 Å². The number of benzene rings is 2. The molecule has 0 bridgehead atoms. The minimum Gasteiger partial charge on any atom is -0.508 e. The molecule has 0 aliphatic carbocycles. The highest BCUT2D eigenvalue weighted by Crippen LogP contribution is 2.32.